The van der Waals surface area contributed by atoms with E-state index in [1.54, 1.807) is 12.1 Å². The quantitative estimate of drug-likeness (QED) is 0.886. The minimum Gasteiger partial charge on any atom is -0.353 e. The molecule has 0 unspecified atom stereocenters. The second-order valence-electron chi connectivity index (χ2n) is 3.89. The van der Waals surface area contributed by atoms with E-state index in [-0.39, 0.29) is 10.0 Å². The monoisotopic (exact) mass is 304 g/mol. The third kappa shape index (κ3) is 2.52. The van der Waals surface area contributed by atoms with Gasteiger partial charge < -0.3 is 5.32 Å². The van der Waals surface area contributed by atoms with Crippen LogP contribution >= 0.6 is 15.9 Å². The summed E-state index contributed by atoms with van der Waals surface area (Å²) in [5.41, 5.74) is 2.52. The normalized spacial score (nSPS) is 9.89. The van der Waals surface area contributed by atoms with Gasteiger partial charge in [0, 0.05) is 5.69 Å². The van der Waals surface area contributed by atoms with Crippen molar-refractivity contribution in [1.29, 1.82) is 5.26 Å². The van der Waals surface area contributed by atoms with Crippen molar-refractivity contribution in [3.05, 3.63) is 57.8 Å². The fraction of sp³-hybridized carbons (Fsp3) is 0.0714. The fourth-order valence-electron chi connectivity index (χ4n) is 1.61. The molecule has 0 aliphatic carbocycles. The summed E-state index contributed by atoms with van der Waals surface area (Å²) in [6.07, 6.45) is 0. The molecule has 0 aliphatic heterocycles. The predicted molar refractivity (Wildman–Crippen MR) is 73.3 cm³/mol. The van der Waals surface area contributed by atoms with Crippen molar-refractivity contribution in [2.24, 2.45) is 0 Å². The van der Waals surface area contributed by atoms with Crippen LogP contribution in [0.25, 0.3) is 0 Å². The Balaban J connectivity index is 2.36. The van der Waals surface area contributed by atoms with E-state index in [9.17, 15) is 4.39 Å². The number of nitriles is 1. The molecule has 0 spiro atoms. The zero-order valence-corrected chi connectivity index (χ0v) is 11.3. The zero-order chi connectivity index (χ0) is 13.1. The van der Waals surface area contributed by atoms with E-state index in [1.165, 1.54) is 0 Å². The van der Waals surface area contributed by atoms with Crippen LogP contribution < -0.4 is 5.32 Å². The lowest BCUT2D eigenvalue weighted by atomic mass is 10.2. The van der Waals surface area contributed by atoms with E-state index in [1.807, 2.05) is 37.3 Å². The molecular formula is C14H10BrFN2. The molecular weight excluding hydrogens is 295 g/mol. The predicted octanol–water partition coefficient (Wildman–Crippen LogP) is 4.51. The van der Waals surface area contributed by atoms with Crippen LogP contribution in [0.5, 0.6) is 0 Å². The number of rotatable bonds is 2. The van der Waals surface area contributed by atoms with Crippen LogP contribution in [0.4, 0.5) is 15.8 Å². The summed E-state index contributed by atoms with van der Waals surface area (Å²) in [5.74, 6) is -0.462. The summed E-state index contributed by atoms with van der Waals surface area (Å²) in [7, 11) is 0. The van der Waals surface area contributed by atoms with Crippen molar-refractivity contribution >= 4 is 27.3 Å². The van der Waals surface area contributed by atoms with Gasteiger partial charge in [-0.2, -0.15) is 5.26 Å². The Kier molecular flexibility index (Phi) is 3.63. The number of benzene rings is 2. The lowest BCUT2D eigenvalue weighted by molar-refractivity contribution is 0.624. The van der Waals surface area contributed by atoms with Gasteiger partial charge in [-0.3, -0.25) is 0 Å². The highest BCUT2D eigenvalue weighted by molar-refractivity contribution is 9.10. The molecule has 4 heteroatoms. The van der Waals surface area contributed by atoms with Crippen molar-refractivity contribution in [1.82, 2.24) is 0 Å². The van der Waals surface area contributed by atoms with E-state index < -0.39 is 5.82 Å². The van der Waals surface area contributed by atoms with E-state index in [2.05, 4.69) is 21.2 Å². The van der Waals surface area contributed by atoms with Gasteiger partial charge in [-0.15, -0.1) is 0 Å². The molecule has 0 fully saturated rings. The molecule has 2 rings (SSSR count). The highest BCUT2D eigenvalue weighted by Crippen LogP contribution is 2.28. The van der Waals surface area contributed by atoms with Crippen LogP contribution in [-0.2, 0) is 0 Å². The lowest BCUT2D eigenvalue weighted by Crippen LogP contribution is -1.96. The second kappa shape index (κ2) is 5.19. The number of aryl methyl sites for hydroxylation is 1. The third-order valence-electron chi connectivity index (χ3n) is 2.50. The van der Waals surface area contributed by atoms with Crippen LogP contribution in [0.1, 0.15) is 11.1 Å². The van der Waals surface area contributed by atoms with Crippen LogP contribution in [0, 0.1) is 24.1 Å². The van der Waals surface area contributed by atoms with Gasteiger partial charge in [-0.05, 0) is 52.7 Å². The molecule has 0 bridgehead atoms. The number of hydrogen-bond donors (Lipinski definition) is 1. The van der Waals surface area contributed by atoms with Crippen LogP contribution in [-0.4, -0.2) is 0 Å². The number of hydrogen-bond acceptors (Lipinski definition) is 2. The molecule has 0 aromatic heterocycles. The van der Waals surface area contributed by atoms with Gasteiger partial charge in [0.25, 0.3) is 0 Å². The van der Waals surface area contributed by atoms with E-state index in [0.29, 0.717) is 5.69 Å². The molecule has 0 aliphatic rings. The maximum absolute atomic E-state index is 14.0. The van der Waals surface area contributed by atoms with Gasteiger partial charge in [-0.1, -0.05) is 12.1 Å². The summed E-state index contributed by atoms with van der Waals surface area (Å²) in [4.78, 5) is 0. The summed E-state index contributed by atoms with van der Waals surface area (Å²) in [6, 6.07) is 12.7. The van der Waals surface area contributed by atoms with Gasteiger partial charge in [0.05, 0.1) is 15.7 Å². The lowest BCUT2D eigenvalue weighted by Gasteiger charge is -2.09. The first-order valence-corrected chi connectivity index (χ1v) is 6.13. The molecule has 0 amide bonds. The number of nitrogens with zero attached hydrogens (tertiary/aromatic N) is 1. The first-order valence-electron chi connectivity index (χ1n) is 5.33. The van der Waals surface area contributed by atoms with Crippen LogP contribution in [0.3, 0.4) is 0 Å². The SMILES string of the molecule is Cc1cccc(Nc2ccc(C#N)c(Br)c2F)c1. The first kappa shape index (κ1) is 12.6. The Morgan fingerprint density at radius 3 is 2.72 bits per heavy atom. The molecule has 2 aromatic rings. The van der Waals surface area contributed by atoms with Gasteiger partial charge >= 0.3 is 0 Å². The number of anilines is 2. The molecule has 0 radical (unpaired) electrons. The Bertz CT molecular complexity index is 632. The standard InChI is InChI=1S/C14H10BrFN2/c1-9-3-2-4-11(7-9)18-12-6-5-10(8-17)13(15)14(12)16/h2-7,18H,1H3. The summed E-state index contributed by atoms with van der Waals surface area (Å²) < 4.78 is 14.2. The van der Waals surface area contributed by atoms with E-state index in [0.717, 1.165) is 11.3 Å². The maximum Gasteiger partial charge on any atom is 0.162 e. The summed E-state index contributed by atoms with van der Waals surface area (Å²) in [5, 5.41) is 11.8. The van der Waals surface area contributed by atoms with E-state index >= 15 is 0 Å². The van der Waals surface area contributed by atoms with E-state index in [4.69, 9.17) is 5.26 Å². The van der Waals surface area contributed by atoms with Crippen molar-refractivity contribution in [2.45, 2.75) is 6.92 Å². The van der Waals surface area contributed by atoms with Gasteiger partial charge in [0.1, 0.15) is 6.07 Å². The zero-order valence-electron chi connectivity index (χ0n) is 9.67. The second-order valence-corrected chi connectivity index (χ2v) is 4.69. The highest BCUT2D eigenvalue weighted by atomic mass is 79.9. The smallest absolute Gasteiger partial charge is 0.162 e. The minimum atomic E-state index is -0.462. The molecule has 0 saturated heterocycles. The molecule has 0 saturated carbocycles. The average molecular weight is 305 g/mol. The Morgan fingerprint density at radius 1 is 1.28 bits per heavy atom. The average Bonchev–Trinajstić information content (AvgIpc) is 2.35. The minimum absolute atomic E-state index is 0.183. The largest absolute Gasteiger partial charge is 0.353 e. The van der Waals surface area contributed by atoms with Gasteiger partial charge in [0.15, 0.2) is 5.82 Å². The Labute approximate surface area is 113 Å². The first-order chi connectivity index (χ1) is 8.61. The molecule has 90 valence electrons. The summed E-state index contributed by atoms with van der Waals surface area (Å²) in [6.45, 7) is 1.97. The highest BCUT2D eigenvalue weighted by Gasteiger charge is 2.11. The number of halogens is 2. The van der Waals surface area contributed by atoms with Crippen LogP contribution in [0.2, 0.25) is 0 Å². The number of nitrogens with one attached hydrogen (secondary N) is 1. The fourth-order valence-corrected chi connectivity index (χ4v) is 2.05. The molecule has 18 heavy (non-hydrogen) atoms. The van der Waals surface area contributed by atoms with Crippen molar-refractivity contribution in [3.8, 4) is 6.07 Å². The summed E-state index contributed by atoms with van der Waals surface area (Å²) >= 11 is 3.08. The molecule has 0 heterocycles. The van der Waals surface area contributed by atoms with Crippen molar-refractivity contribution < 1.29 is 4.39 Å². The topological polar surface area (TPSA) is 35.8 Å². The molecule has 2 aromatic carbocycles. The Morgan fingerprint density at radius 2 is 2.06 bits per heavy atom. The Hall–Kier alpha value is -1.86. The van der Waals surface area contributed by atoms with Gasteiger partial charge in [0.2, 0.25) is 0 Å². The van der Waals surface area contributed by atoms with Crippen molar-refractivity contribution in [2.75, 3.05) is 5.32 Å². The molecule has 0 atom stereocenters. The molecule has 1 N–H and O–H groups in total. The van der Waals surface area contributed by atoms with Gasteiger partial charge in [-0.25, -0.2) is 4.39 Å². The third-order valence-corrected chi connectivity index (χ3v) is 3.28. The van der Waals surface area contributed by atoms with Crippen molar-refractivity contribution in [3.63, 3.8) is 0 Å². The molecule has 2 nitrogen and oxygen atoms in total. The van der Waals surface area contributed by atoms with Crippen LogP contribution in [0.15, 0.2) is 40.9 Å². The maximum atomic E-state index is 14.0.